The SMILES string of the molecule is CN1C=CN(c2[c-]cc(Br)cc2)[CH-]1.CN1C=CN(c2[c-]cc(Br)cc2)[CH-]1.[Pt].[Pt].c1cn[n-]c1.c1cn[n-]c1. The molecule has 0 saturated carbocycles. The van der Waals surface area contributed by atoms with Crippen LogP contribution in [-0.2, 0) is 42.1 Å². The van der Waals surface area contributed by atoms with Crippen molar-refractivity contribution in [2.24, 2.45) is 0 Å². The van der Waals surface area contributed by atoms with Gasteiger partial charge in [-0.2, -0.15) is 62.1 Å². The Bertz CT molecular complexity index is 1030. The van der Waals surface area contributed by atoms with Crippen LogP contribution >= 0.6 is 31.9 Å². The second-order valence-corrected chi connectivity index (χ2v) is 9.03. The Morgan fingerprint density at radius 3 is 1.32 bits per heavy atom. The largest absolute Gasteiger partial charge is 0.582 e. The maximum absolute atomic E-state index is 3.47. The molecule has 2 aliphatic heterocycles. The normalized spacial score (nSPS) is 12.7. The maximum atomic E-state index is 3.47. The minimum Gasteiger partial charge on any atom is -0.582 e. The minimum atomic E-state index is 0. The van der Waals surface area contributed by atoms with Gasteiger partial charge < -0.3 is 40.0 Å². The van der Waals surface area contributed by atoms with Gasteiger partial charge in [-0.15, -0.1) is 55.4 Å². The van der Waals surface area contributed by atoms with E-state index in [0.717, 1.165) is 20.3 Å². The summed E-state index contributed by atoms with van der Waals surface area (Å²) in [7, 11) is 3.99. The molecule has 38 heavy (non-hydrogen) atoms. The number of hydrogen-bond donors (Lipinski definition) is 0. The van der Waals surface area contributed by atoms with Crippen molar-refractivity contribution < 1.29 is 42.1 Å². The van der Waals surface area contributed by atoms with Crippen LogP contribution in [0.3, 0.4) is 0 Å². The summed E-state index contributed by atoms with van der Waals surface area (Å²) >= 11 is 6.75. The van der Waals surface area contributed by atoms with Crippen LogP contribution < -0.4 is 20.0 Å². The van der Waals surface area contributed by atoms with E-state index in [1.54, 1.807) is 36.9 Å². The molecule has 2 aromatic carbocycles. The van der Waals surface area contributed by atoms with Crippen molar-refractivity contribution in [1.29, 1.82) is 0 Å². The second kappa shape index (κ2) is 19.0. The molecule has 6 rings (SSSR count). The molecular weight excluding hydrogens is 974 g/mol. The molecule has 0 amide bonds. The van der Waals surface area contributed by atoms with Gasteiger partial charge in [0.2, 0.25) is 0 Å². The third-order valence-corrected chi connectivity index (χ3v) is 5.34. The van der Waals surface area contributed by atoms with Gasteiger partial charge in [-0.1, -0.05) is 21.1 Å². The van der Waals surface area contributed by atoms with Gasteiger partial charge in [0.1, 0.15) is 0 Å². The van der Waals surface area contributed by atoms with Crippen molar-refractivity contribution in [3.63, 3.8) is 0 Å². The van der Waals surface area contributed by atoms with Crippen LogP contribution in [0.5, 0.6) is 0 Å². The van der Waals surface area contributed by atoms with Gasteiger partial charge in [-0.05, 0) is 38.9 Å². The minimum absolute atomic E-state index is 0. The van der Waals surface area contributed by atoms with Crippen LogP contribution in [0.4, 0.5) is 11.4 Å². The number of aromatic nitrogens is 4. The summed E-state index contributed by atoms with van der Waals surface area (Å²) < 4.78 is 2.10. The third-order valence-electron chi connectivity index (χ3n) is 4.36. The van der Waals surface area contributed by atoms with E-state index in [4.69, 9.17) is 0 Å². The molecule has 0 bridgehead atoms. The average molecular weight is 998 g/mol. The Balaban J connectivity index is 0.000000270. The Kier molecular flexibility index (Phi) is 17.0. The number of hydrogen-bond acceptors (Lipinski definition) is 6. The van der Waals surface area contributed by atoms with Gasteiger partial charge in [0.05, 0.1) is 0 Å². The molecule has 4 aromatic rings. The topological polar surface area (TPSA) is 66.9 Å². The van der Waals surface area contributed by atoms with Crippen molar-refractivity contribution in [1.82, 2.24) is 30.2 Å². The predicted molar refractivity (Wildman–Crippen MR) is 148 cm³/mol. The van der Waals surface area contributed by atoms with Gasteiger partial charge in [0.15, 0.2) is 0 Å². The summed E-state index contributed by atoms with van der Waals surface area (Å²) in [5, 5.41) is 13.9. The summed E-state index contributed by atoms with van der Waals surface area (Å²) in [5.74, 6) is 0. The first-order valence-electron chi connectivity index (χ1n) is 10.7. The van der Waals surface area contributed by atoms with Crippen LogP contribution in [0.1, 0.15) is 0 Å². The molecule has 0 saturated heterocycles. The van der Waals surface area contributed by atoms with Crippen LogP contribution in [0.2, 0.25) is 0 Å². The fourth-order valence-corrected chi connectivity index (χ4v) is 3.18. The molecule has 0 unspecified atom stereocenters. The van der Waals surface area contributed by atoms with Crippen molar-refractivity contribution in [3.8, 4) is 0 Å². The molecular formula is C26H24Br2N8Pt2-6. The third kappa shape index (κ3) is 12.6. The van der Waals surface area contributed by atoms with E-state index in [1.807, 2.05) is 108 Å². The zero-order valence-electron chi connectivity index (χ0n) is 20.4. The second-order valence-electron chi connectivity index (χ2n) is 7.20. The monoisotopic (exact) mass is 996 g/mol. The fourth-order valence-electron chi connectivity index (χ4n) is 2.69. The number of anilines is 2. The Labute approximate surface area is 269 Å². The number of nitrogens with zero attached hydrogens (tertiary/aromatic N) is 8. The van der Waals surface area contributed by atoms with Crippen LogP contribution in [-0.4, -0.2) is 34.1 Å². The molecule has 0 atom stereocenters. The van der Waals surface area contributed by atoms with E-state index in [9.17, 15) is 0 Å². The molecule has 0 fully saturated rings. The summed E-state index contributed by atoms with van der Waals surface area (Å²) in [5.41, 5.74) is 2.09. The molecule has 2 aliphatic rings. The fraction of sp³-hybridized carbons (Fsp3) is 0.0769. The first kappa shape index (κ1) is 33.9. The molecule has 208 valence electrons. The van der Waals surface area contributed by atoms with Crippen molar-refractivity contribution in [2.75, 3.05) is 23.9 Å². The zero-order chi connectivity index (χ0) is 25.6. The molecule has 8 nitrogen and oxygen atoms in total. The quantitative estimate of drug-likeness (QED) is 0.253. The smallest absolute Gasteiger partial charge is 0.00194 e. The van der Waals surface area contributed by atoms with E-state index in [0.29, 0.717) is 0 Å². The van der Waals surface area contributed by atoms with Gasteiger partial charge in [-0.3, -0.25) is 0 Å². The summed E-state index contributed by atoms with van der Waals surface area (Å²) in [6.07, 6.45) is 14.5. The van der Waals surface area contributed by atoms with Crippen LogP contribution in [0, 0.1) is 25.5 Å². The summed E-state index contributed by atoms with van der Waals surface area (Å²) in [6, 6.07) is 21.8. The molecule has 0 spiro atoms. The molecule has 0 radical (unpaired) electrons. The van der Waals surface area contributed by atoms with Crippen molar-refractivity contribution in [2.45, 2.75) is 0 Å². The van der Waals surface area contributed by atoms with Crippen molar-refractivity contribution >= 4 is 43.2 Å². The number of benzene rings is 2. The van der Waals surface area contributed by atoms with E-state index >= 15 is 0 Å². The molecule has 4 heterocycles. The Morgan fingerprint density at radius 1 is 0.684 bits per heavy atom. The summed E-state index contributed by atoms with van der Waals surface area (Å²) in [4.78, 5) is 8.03. The first-order valence-corrected chi connectivity index (χ1v) is 12.3. The number of rotatable bonds is 2. The van der Waals surface area contributed by atoms with E-state index in [2.05, 4.69) is 64.4 Å². The zero-order valence-corrected chi connectivity index (χ0v) is 28.1. The summed E-state index contributed by atoms with van der Waals surface area (Å²) in [6.45, 7) is 4.00. The van der Waals surface area contributed by atoms with Gasteiger partial charge in [-0.25, -0.2) is 0 Å². The van der Waals surface area contributed by atoms with Crippen molar-refractivity contribution in [3.05, 3.63) is 133 Å². The van der Waals surface area contributed by atoms with E-state index < -0.39 is 0 Å². The standard InChI is InChI=1S/2C10H9BrN2.2C3H3N2.2Pt/c2*1-12-6-7-13(8-12)10-4-2-9(11)3-5-10;2*1-2-4-5-3-1;;/h2*2-4,6-8H,1H3;2*1-3H;;/q2*-2;2*-1;;. The molecule has 2 aromatic heterocycles. The van der Waals surface area contributed by atoms with E-state index in [-0.39, 0.29) is 42.1 Å². The first-order chi connectivity index (χ1) is 17.5. The average Bonchev–Trinajstić information content (AvgIpc) is 3.71. The van der Waals surface area contributed by atoms with Gasteiger partial charge in [0, 0.05) is 54.5 Å². The van der Waals surface area contributed by atoms with E-state index in [1.165, 1.54) is 0 Å². The Morgan fingerprint density at radius 2 is 1.11 bits per heavy atom. The van der Waals surface area contributed by atoms with Gasteiger partial charge in [0.25, 0.3) is 0 Å². The van der Waals surface area contributed by atoms with Crippen LogP contribution in [0.15, 0.2) is 107 Å². The molecule has 0 aliphatic carbocycles. The maximum Gasteiger partial charge on any atom is 0.00194 e. The van der Waals surface area contributed by atoms with Crippen LogP contribution in [0.25, 0.3) is 0 Å². The predicted octanol–water partition coefficient (Wildman–Crippen LogP) is 5.26. The molecule has 12 heteroatoms. The van der Waals surface area contributed by atoms with Gasteiger partial charge >= 0.3 is 0 Å². The number of halogens is 2. The Hall–Kier alpha value is -2.12. The molecule has 0 N–H and O–H groups in total.